The maximum atomic E-state index is 12.2. The van der Waals surface area contributed by atoms with Gasteiger partial charge in [-0.1, -0.05) is 48.0 Å². The van der Waals surface area contributed by atoms with E-state index in [0.717, 1.165) is 11.1 Å². The Morgan fingerprint density at radius 3 is 2.48 bits per heavy atom. The molecular weight excluding hydrogens is 342 g/mol. The lowest BCUT2D eigenvalue weighted by atomic mass is 10.2. The van der Waals surface area contributed by atoms with Gasteiger partial charge in [0.25, 0.3) is 10.1 Å². The van der Waals surface area contributed by atoms with Gasteiger partial charge >= 0.3 is 6.09 Å². The van der Waals surface area contributed by atoms with Gasteiger partial charge in [0.05, 0.1) is 11.4 Å². The van der Waals surface area contributed by atoms with Crippen molar-refractivity contribution in [1.29, 1.82) is 0 Å². The van der Waals surface area contributed by atoms with E-state index in [-0.39, 0.29) is 18.0 Å². The molecule has 132 valence electrons. The van der Waals surface area contributed by atoms with Crippen molar-refractivity contribution in [2.75, 3.05) is 13.2 Å². The molecule has 0 spiro atoms. The topological polar surface area (TPSA) is 72.9 Å². The first-order valence-electron chi connectivity index (χ1n) is 7.89. The van der Waals surface area contributed by atoms with Crippen LogP contribution in [0.1, 0.15) is 11.1 Å². The Hall–Kier alpha value is -2.38. The summed E-state index contributed by atoms with van der Waals surface area (Å²) in [5.41, 5.74) is 1.94. The molecule has 6 nitrogen and oxygen atoms in total. The molecule has 0 saturated carbocycles. The molecule has 3 rings (SSSR count). The van der Waals surface area contributed by atoms with E-state index in [4.69, 9.17) is 8.92 Å². The second-order valence-electron chi connectivity index (χ2n) is 5.92. The fourth-order valence-electron chi connectivity index (χ4n) is 2.53. The molecule has 25 heavy (non-hydrogen) atoms. The van der Waals surface area contributed by atoms with Gasteiger partial charge in [-0.25, -0.2) is 4.79 Å². The number of aryl methyl sites for hydroxylation is 1. The quantitative estimate of drug-likeness (QED) is 0.740. The molecule has 1 amide bonds. The highest BCUT2D eigenvalue weighted by Crippen LogP contribution is 2.18. The summed E-state index contributed by atoms with van der Waals surface area (Å²) in [4.78, 5) is 13.5. The highest BCUT2D eigenvalue weighted by molar-refractivity contribution is 7.86. The summed E-state index contributed by atoms with van der Waals surface area (Å²) in [5.74, 6) is 0. The molecule has 0 aliphatic carbocycles. The minimum atomic E-state index is -3.87. The minimum absolute atomic E-state index is 0.0866. The third-order valence-corrected chi connectivity index (χ3v) is 5.18. The molecule has 1 saturated heterocycles. The third kappa shape index (κ3) is 4.37. The molecular formula is C18H19NO5S. The molecule has 0 bridgehead atoms. The molecule has 1 atom stereocenters. The minimum Gasteiger partial charge on any atom is -0.442 e. The fraction of sp³-hybridized carbons (Fsp3) is 0.278. The second-order valence-corrected chi connectivity index (χ2v) is 7.54. The number of amides is 1. The van der Waals surface area contributed by atoms with Crippen LogP contribution in [0.2, 0.25) is 0 Å². The zero-order valence-electron chi connectivity index (χ0n) is 13.8. The molecule has 7 heteroatoms. The van der Waals surface area contributed by atoms with Crippen LogP contribution in [0.3, 0.4) is 0 Å². The lowest BCUT2D eigenvalue weighted by Gasteiger charge is -2.13. The van der Waals surface area contributed by atoms with Crippen molar-refractivity contribution in [3.8, 4) is 0 Å². The summed E-state index contributed by atoms with van der Waals surface area (Å²) in [6, 6.07) is 15.9. The second kappa shape index (κ2) is 7.25. The molecule has 0 unspecified atom stereocenters. The molecule has 1 aliphatic rings. The van der Waals surface area contributed by atoms with Crippen LogP contribution in [0.4, 0.5) is 4.79 Å². The van der Waals surface area contributed by atoms with Crippen LogP contribution >= 0.6 is 0 Å². The molecule has 1 aliphatic heterocycles. The molecule has 2 aromatic rings. The first kappa shape index (κ1) is 17.4. The van der Waals surface area contributed by atoms with Gasteiger partial charge in [0.15, 0.2) is 0 Å². The van der Waals surface area contributed by atoms with E-state index in [1.807, 2.05) is 37.3 Å². The van der Waals surface area contributed by atoms with Gasteiger partial charge < -0.3 is 9.64 Å². The van der Waals surface area contributed by atoms with Crippen molar-refractivity contribution in [1.82, 2.24) is 4.90 Å². The Balaban J connectivity index is 1.57. The van der Waals surface area contributed by atoms with Crippen molar-refractivity contribution in [2.24, 2.45) is 0 Å². The number of ether oxygens (including phenoxy) is 1. The summed E-state index contributed by atoms with van der Waals surface area (Å²) in [5, 5.41) is 0. The Morgan fingerprint density at radius 2 is 1.80 bits per heavy atom. The van der Waals surface area contributed by atoms with Gasteiger partial charge in [-0.3, -0.25) is 4.18 Å². The number of carbonyl (C=O) groups is 1. The Labute approximate surface area is 147 Å². The van der Waals surface area contributed by atoms with Gasteiger partial charge in [0.2, 0.25) is 0 Å². The Morgan fingerprint density at radius 1 is 1.12 bits per heavy atom. The first-order chi connectivity index (χ1) is 11.9. The fourth-order valence-corrected chi connectivity index (χ4v) is 3.47. The van der Waals surface area contributed by atoms with Crippen molar-refractivity contribution >= 4 is 16.2 Å². The summed E-state index contributed by atoms with van der Waals surface area (Å²) >= 11 is 0. The van der Waals surface area contributed by atoms with Crippen LogP contribution in [0, 0.1) is 6.92 Å². The largest absolute Gasteiger partial charge is 0.442 e. The summed E-state index contributed by atoms with van der Waals surface area (Å²) in [6.07, 6.45) is -1.08. The van der Waals surface area contributed by atoms with Crippen LogP contribution in [0.25, 0.3) is 0 Å². The van der Waals surface area contributed by atoms with E-state index in [1.54, 1.807) is 12.1 Å². The smallest absolute Gasteiger partial charge is 0.410 e. The van der Waals surface area contributed by atoms with Gasteiger partial charge in [0.1, 0.15) is 12.7 Å². The highest BCUT2D eigenvalue weighted by atomic mass is 32.2. The summed E-state index contributed by atoms with van der Waals surface area (Å²) < 4.78 is 34.6. The summed E-state index contributed by atoms with van der Waals surface area (Å²) in [6.45, 7) is 2.38. The van der Waals surface area contributed by atoms with E-state index in [2.05, 4.69) is 0 Å². The number of hydrogen-bond donors (Lipinski definition) is 0. The van der Waals surface area contributed by atoms with Crippen LogP contribution in [-0.4, -0.2) is 38.7 Å². The van der Waals surface area contributed by atoms with Crippen LogP contribution in [-0.2, 0) is 25.6 Å². The van der Waals surface area contributed by atoms with Crippen molar-refractivity contribution in [2.45, 2.75) is 24.5 Å². The van der Waals surface area contributed by atoms with E-state index in [9.17, 15) is 13.2 Å². The maximum absolute atomic E-state index is 12.2. The average molecular weight is 361 g/mol. The molecule has 0 aromatic heterocycles. The zero-order valence-corrected chi connectivity index (χ0v) is 14.6. The lowest BCUT2D eigenvalue weighted by Crippen LogP contribution is -2.26. The Kier molecular flexibility index (Phi) is 5.06. The number of cyclic esters (lactones) is 1. The van der Waals surface area contributed by atoms with E-state index >= 15 is 0 Å². The summed E-state index contributed by atoms with van der Waals surface area (Å²) in [7, 11) is -3.87. The first-order valence-corrected chi connectivity index (χ1v) is 9.30. The molecule has 2 aromatic carbocycles. The van der Waals surface area contributed by atoms with Crippen molar-refractivity contribution in [3.63, 3.8) is 0 Å². The Bertz CT molecular complexity index is 834. The molecule has 1 heterocycles. The molecule has 1 fully saturated rings. The molecule has 0 N–H and O–H groups in total. The number of carbonyl (C=O) groups excluding carboxylic acids is 1. The predicted molar refractivity (Wildman–Crippen MR) is 91.4 cm³/mol. The zero-order chi connectivity index (χ0) is 17.9. The number of benzene rings is 2. The highest BCUT2D eigenvalue weighted by Gasteiger charge is 2.32. The average Bonchev–Trinajstić information content (AvgIpc) is 2.94. The maximum Gasteiger partial charge on any atom is 0.410 e. The van der Waals surface area contributed by atoms with Gasteiger partial charge in [-0.2, -0.15) is 8.42 Å². The number of nitrogens with zero attached hydrogens (tertiary/aromatic N) is 1. The number of rotatable bonds is 6. The number of hydrogen-bond acceptors (Lipinski definition) is 5. The van der Waals surface area contributed by atoms with Crippen LogP contribution < -0.4 is 0 Å². The van der Waals surface area contributed by atoms with Gasteiger partial charge in [-0.05, 0) is 24.6 Å². The van der Waals surface area contributed by atoms with Crippen LogP contribution in [0.15, 0.2) is 59.5 Å². The molecule has 0 radical (unpaired) electrons. The van der Waals surface area contributed by atoms with Crippen molar-refractivity contribution < 1.29 is 22.1 Å². The van der Waals surface area contributed by atoms with E-state index in [0.29, 0.717) is 6.54 Å². The van der Waals surface area contributed by atoms with E-state index in [1.165, 1.54) is 17.0 Å². The van der Waals surface area contributed by atoms with E-state index < -0.39 is 22.3 Å². The lowest BCUT2D eigenvalue weighted by molar-refractivity contribution is 0.104. The predicted octanol–water partition coefficient (Wildman–Crippen LogP) is 2.72. The SMILES string of the molecule is Cc1ccc(S(=O)(=O)OC[C@H]2CN(Cc3ccccc3)C(=O)O2)cc1. The van der Waals surface area contributed by atoms with Crippen LogP contribution in [0.5, 0.6) is 0 Å². The van der Waals surface area contributed by atoms with Gasteiger partial charge in [0, 0.05) is 6.54 Å². The standard InChI is InChI=1S/C18H19NO5S/c1-14-7-9-17(10-8-14)25(21,22)23-13-16-12-19(18(20)24-16)11-15-5-3-2-4-6-15/h2-10,16H,11-13H2,1H3/t16-/m1/s1. The third-order valence-electron chi connectivity index (χ3n) is 3.88. The van der Waals surface area contributed by atoms with Crippen molar-refractivity contribution in [3.05, 3.63) is 65.7 Å². The van der Waals surface area contributed by atoms with Gasteiger partial charge in [-0.15, -0.1) is 0 Å². The monoisotopic (exact) mass is 361 g/mol. The normalized spacial score (nSPS) is 17.6.